The van der Waals surface area contributed by atoms with E-state index in [1.165, 1.54) is 24.3 Å². The molecule has 19 heavy (non-hydrogen) atoms. The van der Waals surface area contributed by atoms with E-state index in [0.29, 0.717) is 5.69 Å². The van der Waals surface area contributed by atoms with Crippen molar-refractivity contribution in [2.24, 2.45) is 0 Å². The third kappa shape index (κ3) is 3.64. The van der Waals surface area contributed by atoms with Crippen LogP contribution in [0.25, 0.3) is 0 Å². The number of rotatable bonds is 5. The highest BCUT2D eigenvalue weighted by molar-refractivity contribution is 5.90. The van der Waals surface area contributed by atoms with Crippen LogP contribution >= 0.6 is 0 Å². The van der Waals surface area contributed by atoms with Crippen LogP contribution in [0.5, 0.6) is 0 Å². The lowest BCUT2D eigenvalue weighted by Gasteiger charge is -2.08. The third-order valence-corrected chi connectivity index (χ3v) is 2.72. The maximum absolute atomic E-state index is 12.7. The standard InChI is InChI=1S/C14H16FN3O/c1-2-3-13-16-8-9-18(13)10-14(19)17-12-6-4-11(15)5-7-12/h4-9H,2-3,10H2,1H3,(H,17,19). The number of hydrogen-bond acceptors (Lipinski definition) is 2. The summed E-state index contributed by atoms with van der Waals surface area (Å²) in [4.78, 5) is 16.1. The minimum Gasteiger partial charge on any atom is -0.326 e. The summed E-state index contributed by atoms with van der Waals surface area (Å²) in [5.41, 5.74) is 0.587. The van der Waals surface area contributed by atoms with Gasteiger partial charge in [0.1, 0.15) is 18.2 Å². The molecule has 4 nitrogen and oxygen atoms in total. The van der Waals surface area contributed by atoms with Crippen LogP contribution in [0.2, 0.25) is 0 Å². The van der Waals surface area contributed by atoms with E-state index in [9.17, 15) is 9.18 Å². The van der Waals surface area contributed by atoms with Crippen LogP contribution in [0.4, 0.5) is 10.1 Å². The summed E-state index contributed by atoms with van der Waals surface area (Å²) in [5, 5.41) is 2.72. The zero-order valence-corrected chi connectivity index (χ0v) is 10.8. The number of amides is 1. The molecule has 0 saturated heterocycles. The fraction of sp³-hybridized carbons (Fsp3) is 0.286. The number of nitrogens with zero attached hydrogens (tertiary/aromatic N) is 2. The summed E-state index contributed by atoms with van der Waals surface area (Å²) < 4.78 is 14.6. The second-order valence-corrected chi connectivity index (χ2v) is 4.28. The molecule has 1 aromatic carbocycles. The maximum Gasteiger partial charge on any atom is 0.244 e. The summed E-state index contributed by atoms with van der Waals surface area (Å²) in [6, 6.07) is 5.70. The Morgan fingerprint density at radius 3 is 2.79 bits per heavy atom. The van der Waals surface area contributed by atoms with Gasteiger partial charge in [-0.3, -0.25) is 4.79 Å². The average Bonchev–Trinajstić information content (AvgIpc) is 2.80. The third-order valence-electron chi connectivity index (χ3n) is 2.72. The molecule has 0 aliphatic carbocycles. The number of aryl methyl sites for hydroxylation is 1. The zero-order chi connectivity index (χ0) is 13.7. The van der Waals surface area contributed by atoms with Crippen molar-refractivity contribution in [2.75, 3.05) is 5.32 Å². The largest absolute Gasteiger partial charge is 0.326 e. The first-order valence-corrected chi connectivity index (χ1v) is 6.24. The van der Waals surface area contributed by atoms with Crippen molar-refractivity contribution in [1.82, 2.24) is 9.55 Å². The second kappa shape index (κ2) is 6.13. The fourth-order valence-corrected chi connectivity index (χ4v) is 1.82. The average molecular weight is 261 g/mol. The number of nitrogens with one attached hydrogen (secondary N) is 1. The zero-order valence-electron chi connectivity index (χ0n) is 10.8. The van der Waals surface area contributed by atoms with Crippen LogP contribution in [-0.4, -0.2) is 15.5 Å². The molecular formula is C14H16FN3O. The molecule has 0 fully saturated rings. The van der Waals surface area contributed by atoms with Crippen molar-refractivity contribution in [3.05, 3.63) is 48.3 Å². The molecule has 1 N–H and O–H groups in total. The molecule has 2 rings (SSSR count). The lowest BCUT2D eigenvalue weighted by atomic mass is 10.3. The number of anilines is 1. The summed E-state index contributed by atoms with van der Waals surface area (Å²) in [6.45, 7) is 2.28. The smallest absolute Gasteiger partial charge is 0.244 e. The van der Waals surface area contributed by atoms with Gasteiger partial charge in [0.25, 0.3) is 0 Å². The molecule has 0 atom stereocenters. The van der Waals surface area contributed by atoms with E-state index in [2.05, 4.69) is 17.2 Å². The molecule has 0 aliphatic heterocycles. The Labute approximate surface area is 111 Å². The van der Waals surface area contributed by atoms with Gasteiger partial charge in [-0.05, 0) is 30.7 Å². The van der Waals surface area contributed by atoms with Gasteiger partial charge in [0.05, 0.1) is 0 Å². The van der Waals surface area contributed by atoms with Gasteiger partial charge in [-0.1, -0.05) is 6.92 Å². The van der Waals surface area contributed by atoms with Gasteiger partial charge in [-0.2, -0.15) is 0 Å². The first kappa shape index (κ1) is 13.3. The number of hydrogen-bond donors (Lipinski definition) is 1. The minimum absolute atomic E-state index is 0.151. The number of carbonyl (C=O) groups is 1. The van der Waals surface area contributed by atoms with E-state index < -0.39 is 0 Å². The van der Waals surface area contributed by atoms with Crippen LogP contribution in [0.1, 0.15) is 19.2 Å². The molecule has 1 amide bonds. The van der Waals surface area contributed by atoms with Crippen molar-refractivity contribution < 1.29 is 9.18 Å². The van der Waals surface area contributed by atoms with Crippen LogP contribution in [0, 0.1) is 5.82 Å². The lowest BCUT2D eigenvalue weighted by molar-refractivity contribution is -0.116. The van der Waals surface area contributed by atoms with Crippen molar-refractivity contribution in [3.63, 3.8) is 0 Å². The summed E-state index contributed by atoms with van der Waals surface area (Å²) in [7, 11) is 0. The first-order valence-electron chi connectivity index (χ1n) is 6.24. The minimum atomic E-state index is -0.321. The van der Waals surface area contributed by atoms with Crippen LogP contribution in [0.3, 0.4) is 0 Å². The van der Waals surface area contributed by atoms with Gasteiger partial charge in [-0.15, -0.1) is 0 Å². The van der Waals surface area contributed by atoms with Crippen molar-refractivity contribution in [3.8, 4) is 0 Å². The predicted molar refractivity (Wildman–Crippen MR) is 71.3 cm³/mol. The molecule has 0 spiro atoms. The van der Waals surface area contributed by atoms with Gasteiger partial charge >= 0.3 is 0 Å². The molecule has 1 aromatic heterocycles. The molecule has 0 bridgehead atoms. The van der Waals surface area contributed by atoms with Crippen molar-refractivity contribution in [1.29, 1.82) is 0 Å². The van der Waals surface area contributed by atoms with Gasteiger partial charge in [-0.25, -0.2) is 9.37 Å². The topological polar surface area (TPSA) is 46.9 Å². The predicted octanol–water partition coefficient (Wildman–Crippen LogP) is 2.61. The molecule has 0 radical (unpaired) electrons. The Kier molecular flexibility index (Phi) is 4.28. The normalized spacial score (nSPS) is 10.4. The van der Waals surface area contributed by atoms with Crippen molar-refractivity contribution >= 4 is 11.6 Å². The Balaban J connectivity index is 1.97. The highest BCUT2D eigenvalue weighted by atomic mass is 19.1. The van der Waals surface area contributed by atoms with Crippen LogP contribution in [-0.2, 0) is 17.8 Å². The SMILES string of the molecule is CCCc1nccn1CC(=O)Nc1ccc(F)cc1. The molecule has 0 aliphatic rings. The first-order chi connectivity index (χ1) is 9.19. The molecule has 1 heterocycles. The van der Waals surface area contributed by atoms with Gasteiger partial charge in [0.2, 0.25) is 5.91 Å². The summed E-state index contributed by atoms with van der Waals surface area (Å²) in [6.07, 6.45) is 5.30. The Morgan fingerprint density at radius 2 is 2.11 bits per heavy atom. The highest BCUT2D eigenvalue weighted by Gasteiger charge is 2.07. The molecule has 100 valence electrons. The number of imidazole rings is 1. The molecule has 2 aromatic rings. The highest BCUT2D eigenvalue weighted by Crippen LogP contribution is 2.09. The number of aromatic nitrogens is 2. The van der Waals surface area contributed by atoms with E-state index >= 15 is 0 Å². The Bertz CT molecular complexity index is 548. The van der Waals surface area contributed by atoms with E-state index in [4.69, 9.17) is 0 Å². The number of benzene rings is 1. The van der Waals surface area contributed by atoms with Crippen molar-refractivity contribution in [2.45, 2.75) is 26.3 Å². The Morgan fingerprint density at radius 1 is 1.37 bits per heavy atom. The number of carbonyl (C=O) groups excluding carboxylic acids is 1. The maximum atomic E-state index is 12.7. The van der Waals surface area contributed by atoms with Gasteiger partial charge < -0.3 is 9.88 Å². The molecule has 0 unspecified atom stereocenters. The fourth-order valence-electron chi connectivity index (χ4n) is 1.82. The monoisotopic (exact) mass is 261 g/mol. The van der Waals surface area contributed by atoms with E-state index in [1.807, 2.05) is 4.57 Å². The molecule has 5 heteroatoms. The van der Waals surface area contributed by atoms with E-state index in [0.717, 1.165) is 18.7 Å². The molecular weight excluding hydrogens is 245 g/mol. The molecule has 0 saturated carbocycles. The van der Waals surface area contributed by atoms with Crippen LogP contribution in [0.15, 0.2) is 36.7 Å². The summed E-state index contributed by atoms with van der Waals surface area (Å²) in [5.74, 6) is 0.427. The van der Waals surface area contributed by atoms with Gasteiger partial charge in [0, 0.05) is 24.5 Å². The van der Waals surface area contributed by atoms with Crippen LogP contribution < -0.4 is 5.32 Å². The Hall–Kier alpha value is -2.17. The van der Waals surface area contributed by atoms with Gasteiger partial charge in [0.15, 0.2) is 0 Å². The lowest BCUT2D eigenvalue weighted by Crippen LogP contribution is -2.19. The second-order valence-electron chi connectivity index (χ2n) is 4.28. The summed E-state index contributed by atoms with van der Waals surface area (Å²) >= 11 is 0. The van der Waals surface area contributed by atoms with E-state index in [1.54, 1.807) is 12.4 Å². The quantitative estimate of drug-likeness (QED) is 0.899. The number of halogens is 1. The van der Waals surface area contributed by atoms with E-state index in [-0.39, 0.29) is 18.3 Å².